The number of hydrogen-bond donors (Lipinski definition) is 1. The van der Waals surface area contributed by atoms with E-state index in [0.717, 1.165) is 12.1 Å². The van der Waals surface area contributed by atoms with Crippen LogP contribution in [0.25, 0.3) is 0 Å². The van der Waals surface area contributed by atoms with Crippen LogP contribution in [0.2, 0.25) is 0 Å². The zero-order chi connectivity index (χ0) is 14.6. The van der Waals surface area contributed by atoms with Gasteiger partial charge in [0.15, 0.2) is 5.78 Å². The van der Waals surface area contributed by atoms with Crippen molar-refractivity contribution in [3.05, 3.63) is 35.4 Å². The largest absolute Gasteiger partial charge is 0.369 e. The van der Waals surface area contributed by atoms with Crippen molar-refractivity contribution in [1.82, 2.24) is 4.90 Å². The van der Waals surface area contributed by atoms with Crippen molar-refractivity contribution in [2.75, 3.05) is 13.1 Å². The van der Waals surface area contributed by atoms with Gasteiger partial charge in [0.2, 0.25) is 5.91 Å². The van der Waals surface area contributed by atoms with Crippen molar-refractivity contribution in [2.24, 2.45) is 5.73 Å². The monoisotopic (exact) mass is 270 g/mol. The van der Waals surface area contributed by atoms with E-state index in [1.165, 1.54) is 4.90 Å². The molecule has 0 aliphatic rings. The molecule has 1 aromatic carbocycles. The quantitative estimate of drug-likeness (QED) is 0.793. The molecule has 0 aromatic heterocycles. The number of amides is 1. The van der Waals surface area contributed by atoms with Gasteiger partial charge in [0, 0.05) is 6.07 Å². The summed E-state index contributed by atoms with van der Waals surface area (Å²) < 4.78 is 26.3. The number of primary amides is 1. The number of likely N-dealkylation sites (N-methyl/N-ethyl adjacent to an activating group) is 1. The molecule has 0 spiro atoms. The molecule has 4 nitrogen and oxygen atoms in total. The van der Waals surface area contributed by atoms with Crippen molar-refractivity contribution >= 4 is 11.7 Å². The molecule has 0 fully saturated rings. The number of ketones is 1. The van der Waals surface area contributed by atoms with E-state index in [2.05, 4.69) is 0 Å². The number of Topliss-reactive ketones (excluding diaryl/α,β-unsaturated/α-hetero) is 1. The number of halogens is 2. The van der Waals surface area contributed by atoms with Crippen LogP contribution in [0.15, 0.2) is 18.2 Å². The third-order valence-corrected chi connectivity index (χ3v) is 2.89. The first kappa shape index (κ1) is 15.2. The highest BCUT2D eigenvalue weighted by Crippen LogP contribution is 2.14. The summed E-state index contributed by atoms with van der Waals surface area (Å²) >= 11 is 0. The molecular formula is C13H16F2N2O2. The Bertz CT molecular complexity index is 492. The third kappa shape index (κ3) is 3.82. The molecule has 0 heterocycles. The fourth-order valence-corrected chi connectivity index (χ4v) is 1.80. The van der Waals surface area contributed by atoms with Crippen LogP contribution >= 0.6 is 0 Å². The lowest BCUT2D eigenvalue weighted by Gasteiger charge is -2.25. The summed E-state index contributed by atoms with van der Waals surface area (Å²) in [5, 5.41) is 0. The lowest BCUT2D eigenvalue weighted by molar-refractivity contribution is -0.119. The van der Waals surface area contributed by atoms with Crippen molar-refractivity contribution in [3.8, 4) is 0 Å². The van der Waals surface area contributed by atoms with E-state index >= 15 is 0 Å². The minimum Gasteiger partial charge on any atom is -0.369 e. The summed E-state index contributed by atoms with van der Waals surface area (Å²) in [6.07, 6.45) is 0. The van der Waals surface area contributed by atoms with Crippen LogP contribution in [0.4, 0.5) is 8.78 Å². The van der Waals surface area contributed by atoms with Crippen molar-refractivity contribution in [1.29, 1.82) is 0 Å². The van der Waals surface area contributed by atoms with Gasteiger partial charge >= 0.3 is 0 Å². The van der Waals surface area contributed by atoms with E-state index in [1.54, 1.807) is 13.8 Å². The maximum absolute atomic E-state index is 13.5. The molecule has 2 N–H and O–H groups in total. The number of carbonyl (C=O) groups is 2. The number of benzene rings is 1. The minimum atomic E-state index is -0.910. The summed E-state index contributed by atoms with van der Waals surface area (Å²) in [7, 11) is 0. The topological polar surface area (TPSA) is 63.4 Å². The number of nitrogens with zero attached hydrogens (tertiary/aromatic N) is 1. The van der Waals surface area contributed by atoms with Gasteiger partial charge in [0.1, 0.15) is 11.6 Å². The van der Waals surface area contributed by atoms with Gasteiger partial charge in [-0.3, -0.25) is 14.5 Å². The van der Waals surface area contributed by atoms with Crippen molar-refractivity contribution < 1.29 is 18.4 Å². The third-order valence-electron chi connectivity index (χ3n) is 2.89. The summed E-state index contributed by atoms with van der Waals surface area (Å²) in [6, 6.07) is 2.07. The van der Waals surface area contributed by atoms with E-state index in [-0.39, 0.29) is 12.1 Å². The highest BCUT2D eigenvalue weighted by atomic mass is 19.1. The van der Waals surface area contributed by atoms with Gasteiger partial charge in [0.25, 0.3) is 0 Å². The molecule has 0 radical (unpaired) electrons. The molecule has 104 valence electrons. The maximum Gasteiger partial charge on any atom is 0.231 e. The summed E-state index contributed by atoms with van der Waals surface area (Å²) in [4.78, 5) is 24.5. The summed E-state index contributed by atoms with van der Waals surface area (Å²) in [5.74, 6) is -2.74. The van der Waals surface area contributed by atoms with Gasteiger partial charge in [-0.15, -0.1) is 0 Å². The second kappa shape index (κ2) is 6.38. The van der Waals surface area contributed by atoms with Crippen LogP contribution in [0, 0.1) is 11.6 Å². The second-order valence-corrected chi connectivity index (χ2v) is 4.19. The Balaban J connectivity index is 2.94. The summed E-state index contributed by atoms with van der Waals surface area (Å²) in [6.45, 7) is 3.64. The fourth-order valence-electron chi connectivity index (χ4n) is 1.80. The van der Waals surface area contributed by atoms with Crippen LogP contribution in [-0.4, -0.2) is 35.7 Å². The van der Waals surface area contributed by atoms with Gasteiger partial charge in [-0.1, -0.05) is 6.92 Å². The molecule has 1 rings (SSSR count). The van der Waals surface area contributed by atoms with E-state index in [0.29, 0.717) is 12.6 Å². The first-order valence-corrected chi connectivity index (χ1v) is 5.88. The fraction of sp³-hybridized carbons (Fsp3) is 0.385. The number of carbonyl (C=O) groups excluding carboxylic acids is 2. The Labute approximate surface area is 110 Å². The predicted octanol–water partition coefficient (Wildman–Crippen LogP) is 1.34. The smallest absolute Gasteiger partial charge is 0.231 e. The van der Waals surface area contributed by atoms with Gasteiger partial charge < -0.3 is 5.73 Å². The lowest BCUT2D eigenvalue weighted by Crippen LogP contribution is -2.44. The number of nitrogens with two attached hydrogens (primary N) is 1. The predicted molar refractivity (Wildman–Crippen MR) is 66.6 cm³/mol. The maximum atomic E-state index is 13.5. The molecule has 0 saturated heterocycles. The average molecular weight is 270 g/mol. The van der Waals surface area contributed by atoms with E-state index in [1.807, 2.05) is 0 Å². The number of rotatable bonds is 6. The van der Waals surface area contributed by atoms with Crippen LogP contribution in [-0.2, 0) is 4.79 Å². The molecule has 19 heavy (non-hydrogen) atoms. The van der Waals surface area contributed by atoms with Gasteiger partial charge in [0.05, 0.1) is 18.2 Å². The molecule has 0 aliphatic carbocycles. The zero-order valence-corrected chi connectivity index (χ0v) is 10.8. The Morgan fingerprint density at radius 1 is 1.37 bits per heavy atom. The average Bonchev–Trinajstić information content (AvgIpc) is 2.34. The van der Waals surface area contributed by atoms with Crippen LogP contribution < -0.4 is 5.73 Å². The van der Waals surface area contributed by atoms with Crippen LogP contribution in [0.1, 0.15) is 24.2 Å². The molecule has 1 atom stereocenters. The Morgan fingerprint density at radius 2 is 2.00 bits per heavy atom. The first-order chi connectivity index (χ1) is 8.86. The summed E-state index contributed by atoms with van der Waals surface area (Å²) in [5.41, 5.74) is 4.88. The van der Waals surface area contributed by atoms with Crippen LogP contribution in [0.3, 0.4) is 0 Å². The highest BCUT2D eigenvalue weighted by Gasteiger charge is 2.24. The van der Waals surface area contributed by atoms with E-state index < -0.39 is 29.4 Å². The Hall–Kier alpha value is -1.82. The first-order valence-electron chi connectivity index (χ1n) is 5.88. The second-order valence-electron chi connectivity index (χ2n) is 4.19. The van der Waals surface area contributed by atoms with Gasteiger partial charge in [-0.05, 0) is 25.6 Å². The molecule has 1 amide bonds. The molecule has 0 aliphatic heterocycles. The molecule has 6 heteroatoms. The van der Waals surface area contributed by atoms with E-state index in [9.17, 15) is 18.4 Å². The molecular weight excluding hydrogens is 254 g/mol. The molecule has 1 unspecified atom stereocenters. The minimum absolute atomic E-state index is 0.0911. The molecule has 0 saturated carbocycles. The van der Waals surface area contributed by atoms with Crippen LogP contribution in [0.5, 0.6) is 0 Å². The number of hydrogen-bond acceptors (Lipinski definition) is 3. The zero-order valence-electron chi connectivity index (χ0n) is 10.8. The van der Waals surface area contributed by atoms with Crippen molar-refractivity contribution in [2.45, 2.75) is 19.9 Å². The SMILES string of the molecule is CCN(CC(N)=O)C(C)C(=O)c1ccc(F)cc1F. The Kier molecular flexibility index (Phi) is 5.11. The molecule has 0 bridgehead atoms. The van der Waals surface area contributed by atoms with Crippen molar-refractivity contribution in [3.63, 3.8) is 0 Å². The Morgan fingerprint density at radius 3 is 2.47 bits per heavy atom. The van der Waals surface area contributed by atoms with Gasteiger partial charge in [-0.2, -0.15) is 0 Å². The standard InChI is InChI=1S/C13H16F2N2O2/c1-3-17(7-12(16)18)8(2)13(19)10-5-4-9(14)6-11(10)15/h4-6,8H,3,7H2,1-2H3,(H2,16,18). The normalized spacial score (nSPS) is 12.5. The molecule has 1 aromatic rings. The van der Waals surface area contributed by atoms with E-state index in [4.69, 9.17) is 5.73 Å². The lowest BCUT2D eigenvalue weighted by atomic mass is 10.0. The highest BCUT2D eigenvalue weighted by molar-refractivity contribution is 6.00. The van der Waals surface area contributed by atoms with Gasteiger partial charge in [-0.25, -0.2) is 8.78 Å².